The van der Waals surface area contributed by atoms with Crippen LogP contribution in [0, 0.1) is 12.7 Å². The van der Waals surface area contributed by atoms with Crippen LogP contribution in [0.3, 0.4) is 0 Å². The molecule has 0 aromatic heterocycles. The molecule has 0 amide bonds. The van der Waals surface area contributed by atoms with Gasteiger partial charge in [-0.15, -0.1) is 0 Å². The van der Waals surface area contributed by atoms with E-state index in [1.807, 2.05) is 43.3 Å². The molecule has 26 heavy (non-hydrogen) atoms. The van der Waals surface area contributed by atoms with Crippen LogP contribution in [0.2, 0.25) is 0 Å². The summed E-state index contributed by atoms with van der Waals surface area (Å²) in [5.41, 5.74) is 4.36. The lowest BCUT2D eigenvalue weighted by Crippen LogP contribution is -2.03. The number of aromatic carboxylic acids is 1. The van der Waals surface area contributed by atoms with Crippen LogP contribution in [0.15, 0.2) is 66.7 Å². The minimum Gasteiger partial charge on any atom is -0.478 e. The van der Waals surface area contributed by atoms with Gasteiger partial charge in [0.15, 0.2) is 0 Å². The van der Waals surface area contributed by atoms with Crippen molar-refractivity contribution in [3.05, 3.63) is 94.8 Å². The summed E-state index contributed by atoms with van der Waals surface area (Å²) in [4.78, 5) is 11.5. The molecule has 0 heterocycles. The molecule has 0 aliphatic heterocycles. The minimum atomic E-state index is -1.02. The SMILES string of the molecule is Cc1ccccc1C=Cc1ccc(C(=O)O)c(Nc2ccc(F)cc2)c1. The second-order valence-electron chi connectivity index (χ2n) is 5.93. The first-order valence-electron chi connectivity index (χ1n) is 8.16. The van der Waals surface area contributed by atoms with Crippen molar-refractivity contribution in [2.45, 2.75) is 6.92 Å². The fraction of sp³-hybridized carbons (Fsp3) is 0.0455. The van der Waals surface area contributed by atoms with E-state index in [0.29, 0.717) is 11.4 Å². The third-order valence-corrected chi connectivity index (χ3v) is 4.04. The number of hydrogen-bond acceptors (Lipinski definition) is 2. The monoisotopic (exact) mass is 347 g/mol. The van der Waals surface area contributed by atoms with Gasteiger partial charge in [0.25, 0.3) is 0 Å². The summed E-state index contributed by atoms with van der Waals surface area (Å²) >= 11 is 0. The van der Waals surface area contributed by atoms with Crippen molar-refractivity contribution in [3.63, 3.8) is 0 Å². The van der Waals surface area contributed by atoms with E-state index in [4.69, 9.17) is 0 Å². The molecule has 3 aromatic rings. The van der Waals surface area contributed by atoms with Crippen molar-refractivity contribution in [3.8, 4) is 0 Å². The third-order valence-electron chi connectivity index (χ3n) is 4.04. The van der Waals surface area contributed by atoms with Crippen molar-refractivity contribution in [1.82, 2.24) is 0 Å². The number of carboxylic acid groups (broad SMARTS) is 1. The molecule has 0 unspecified atom stereocenters. The maximum atomic E-state index is 13.1. The van der Waals surface area contributed by atoms with Gasteiger partial charge in [0.1, 0.15) is 5.82 Å². The van der Waals surface area contributed by atoms with Gasteiger partial charge in [-0.3, -0.25) is 0 Å². The summed E-state index contributed by atoms with van der Waals surface area (Å²) in [6, 6.07) is 18.9. The van der Waals surface area contributed by atoms with Crippen molar-refractivity contribution in [1.29, 1.82) is 0 Å². The highest BCUT2D eigenvalue weighted by Gasteiger charge is 2.10. The number of nitrogens with one attached hydrogen (secondary N) is 1. The van der Waals surface area contributed by atoms with Gasteiger partial charge < -0.3 is 10.4 Å². The van der Waals surface area contributed by atoms with Gasteiger partial charge >= 0.3 is 5.97 Å². The van der Waals surface area contributed by atoms with Crippen LogP contribution in [-0.2, 0) is 0 Å². The lowest BCUT2D eigenvalue weighted by molar-refractivity contribution is 0.0698. The first-order chi connectivity index (χ1) is 12.5. The van der Waals surface area contributed by atoms with Crippen molar-refractivity contribution < 1.29 is 14.3 Å². The molecule has 3 nitrogen and oxygen atoms in total. The molecule has 0 atom stereocenters. The summed E-state index contributed by atoms with van der Waals surface area (Å²) in [5, 5.41) is 12.5. The van der Waals surface area contributed by atoms with Crippen LogP contribution in [0.1, 0.15) is 27.0 Å². The number of aryl methyl sites for hydroxylation is 1. The van der Waals surface area contributed by atoms with E-state index in [1.165, 1.54) is 12.1 Å². The molecular weight excluding hydrogens is 329 g/mol. The van der Waals surface area contributed by atoms with E-state index in [9.17, 15) is 14.3 Å². The van der Waals surface area contributed by atoms with Crippen molar-refractivity contribution in [2.24, 2.45) is 0 Å². The Morgan fingerprint density at radius 1 is 1.00 bits per heavy atom. The molecule has 3 aromatic carbocycles. The third kappa shape index (κ3) is 4.16. The zero-order valence-electron chi connectivity index (χ0n) is 14.2. The molecule has 0 radical (unpaired) electrons. The summed E-state index contributed by atoms with van der Waals surface area (Å²) < 4.78 is 13.1. The van der Waals surface area contributed by atoms with Gasteiger partial charge in [-0.05, 0) is 60.0 Å². The Bertz CT molecular complexity index is 962. The first kappa shape index (κ1) is 17.4. The molecule has 0 saturated carbocycles. The number of benzene rings is 3. The highest BCUT2D eigenvalue weighted by atomic mass is 19.1. The Morgan fingerprint density at radius 2 is 1.73 bits per heavy atom. The lowest BCUT2D eigenvalue weighted by atomic mass is 10.0. The number of hydrogen-bond donors (Lipinski definition) is 2. The smallest absolute Gasteiger partial charge is 0.337 e. The first-order valence-corrected chi connectivity index (χ1v) is 8.16. The lowest BCUT2D eigenvalue weighted by Gasteiger charge is -2.11. The average molecular weight is 347 g/mol. The number of carbonyl (C=O) groups is 1. The summed E-state index contributed by atoms with van der Waals surface area (Å²) in [5.74, 6) is -1.37. The molecule has 0 saturated heterocycles. The molecule has 0 fully saturated rings. The Balaban J connectivity index is 1.92. The van der Waals surface area contributed by atoms with Crippen LogP contribution in [0.25, 0.3) is 12.2 Å². The van der Waals surface area contributed by atoms with Crippen LogP contribution in [0.4, 0.5) is 15.8 Å². The summed E-state index contributed by atoms with van der Waals surface area (Å²) in [6.07, 6.45) is 3.93. The van der Waals surface area contributed by atoms with Crippen LogP contribution in [-0.4, -0.2) is 11.1 Å². The zero-order valence-corrected chi connectivity index (χ0v) is 14.2. The van der Waals surface area contributed by atoms with Gasteiger partial charge in [-0.2, -0.15) is 0 Å². The summed E-state index contributed by atoms with van der Waals surface area (Å²) in [7, 11) is 0. The standard InChI is InChI=1S/C22H18FNO2/c1-15-4-2-3-5-17(15)8-6-16-7-13-20(22(25)26)21(14-16)24-19-11-9-18(23)10-12-19/h2-14,24H,1H3,(H,25,26). The Kier molecular flexibility index (Phi) is 5.13. The van der Waals surface area contributed by atoms with E-state index in [2.05, 4.69) is 5.32 Å². The zero-order chi connectivity index (χ0) is 18.5. The highest BCUT2D eigenvalue weighted by molar-refractivity contribution is 5.96. The molecule has 130 valence electrons. The molecule has 4 heteroatoms. The molecule has 0 aliphatic rings. The Labute approximate surface area is 151 Å². The quantitative estimate of drug-likeness (QED) is 0.578. The van der Waals surface area contributed by atoms with Crippen molar-refractivity contribution in [2.75, 3.05) is 5.32 Å². The Morgan fingerprint density at radius 3 is 2.42 bits per heavy atom. The molecule has 0 aliphatic carbocycles. The average Bonchev–Trinajstić information content (AvgIpc) is 2.63. The van der Waals surface area contributed by atoms with E-state index in [-0.39, 0.29) is 11.4 Å². The van der Waals surface area contributed by atoms with Gasteiger partial charge in [0.05, 0.1) is 11.3 Å². The fourth-order valence-corrected chi connectivity index (χ4v) is 2.60. The largest absolute Gasteiger partial charge is 0.478 e. The molecular formula is C22H18FNO2. The predicted molar refractivity (Wildman–Crippen MR) is 103 cm³/mol. The second kappa shape index (κ2) is 7.66. The summed E-state index contributed by atoms with van der Waals surface area (Å²) in [6.45, 7) is 2.04. The molecule has 0 bridgehead atoms. The minimum absolute atomic E-state index is 0.155. The second-order valence-corrected chi connectivity index (χ2v) is 5.93. The van der Waals surface area contributed by atoms with E-state index < -0.39 is 5.97 Å². The number of carboxylic acids is 1. The predicted octanol–water partition coefficient (Wildman–Crippen LogP) is 5.75. The topological polar surface area (TPSA) is 49.3 Å². The molecule has 3 rings (SSSR count). The van der Waals surface area contributed by atoms with Crippen LogP contribution >= 0.6 is 0 Å². The van der Waals surface area contributed by atoms with Crippen molar-refractivity contribution >= 4 is 29.5 Å². The molecule has 0 spiro atoms. The van der Waals surface area contributed by atoms with Gasteiger partial charge in [-0.1, -0.05) is 42.5 Å². The maximum absolute atomic E-state index is 13.1. The van der Waals surface area contributed by atoms with E-state index in [0.717, 1.165) is 16.7 Å². The number of halogens is 1. The van der Waals surface area contributed by atoms with Crippen LogP contribution in [0.5, 0.6) is 0 Å². The number of anilines is 2. The Hall–Kier alpha value is -3.40. The fourth-order valence-electron chi connectivity index (χ4n) is 2.60. The van der Waals surface area contributed by atoms with Gasteiger partial charge in [0, 0.05) is 5.69 Å². The molecule has 2 N–H and O–H groups in total. The van der Waals surface area contributed by atoms with Gasteiger partial charge in [-0.25, -0.2) is 9.18 Å². The number of rotatable bonds is 5. The van der Waals surface area contributed by atoms with E-state index in [1.54, 1.807) is 30.3 Å². The normalized spacial score (nSPS) is 10.8. The van der Waals surface area contributed by atoms with Gasteiger partial charge in [0.2, 0.25) is 0 Å². The van der Waals surface area contributed by atoms with E-state index >= 15 is 0 Å². The van der Waals surface area contributed by atoms with Crippen LogP contribution < -0.4 is 5.32 Å². The highest BCUT2D eigenvalue weighted by Crippen LogP contribution is 2.24. The maximum Gasteiger partial charge on any atom is 0.337 e.